The van der Waals surface area contributed by atoms with Crippen molar-refractivity contribution in [3.05, 3.63) is 25.3 Å². The average Bonchev–Trinajstić information content (AvgIpc) is 2.33. The summed E-state index contributed by atoms with van der Waals surface area (Å²) in [7, 11) is 0. The van der Waals surface area contributed by atoms with Gasteiger partial charge in [-0.3, -0.25) is 0 Å². The zero-order valence-corrected chi connectivity index (χ0v) is 10.5. The van der Waals surface area contributed by atoms with Gasteiger partial charge in [0.15, 0.2) is 0 Å². The normalized spacial score (nSPS) is 13.3. The van der Waals surface area contributed by atoms with Crippen molar-refractivity contribution < 1.29 is 19.1 Å². The average molecular weight is 240 g/mol. The van der Waals surface area contributed by atoms with Crippen molar-refractivity contribution in [3.63, 3.8) is 0 Å². The lowest BCUT2D eigenvalue weighted by Gasteiger charge is -2.22. The van der Waals surface area contributed by atoms with E-state index in [1.54, 1.807) is 6.92 Å². The second kappa shape index (κ2) is 8.56. The molecule has 17 heavy (non-hydrogen) atoms. The molecule has 0 radical (unpaired) electrons. The Labute approximate surface area is 102 Å². The molecule has 2 atom stereocenters. The van der Waals surface area contributed by atoms with Gasteiger partial charge in [-0.2, -0.15) is 0 Å². The van der Waals surface area contributed by atoms with Gasteiger partial charge in [-0.05, 0) is 13.3 Å². The van der Waals surface area contributed by atoms with Crippen LogP contribution in [-0.4, -0.2) is 24.6 Å². The van der Waals surface area contributed by atoms with Crippen molar-refractivity contribution >= 4 is 11.9 Å². The topological polar surface area (TPSA) is 52.6 Å². The third-order valence-electron chi connectivity index (χ3n) is 2.40. The lowest BCUT2D eigenvalue weighted by molar-refractivity contribution is -0.148. The Hall–Kier alpha value is -1.58. The van der Waals surface area contributed by atoms with E-state index in [0.717, 1.165) is 25.0 Å². The van der Waals surface area contributed by atoms with Gasteiger partial charge in [0, 0.05) is 18.1 Å². The summed E-state index contributed by atoms with van der Waals surface area (Å²) in [6, 6.07) is 0. The largest absolute Gasteiger partial charge is 0.462 e. The maximum absolute atomic E-state index is 11.1. The Morgan fingerprint density at radius 2 is 1.82 bits per heavy atom. The SMILES string of the molecule is C=CC(=O)OCC(CCC)C(C)OC(=O)C=C. The van der Waals surface area contributed by atoms with Crippen molar-refractivity contribution in [3.8, 4) is 0 Å². The first-order valence-corrected chi connectivity index (χ1v) is 5.67. The lowest BCUT2D eigenvalue weighted by atomic mass is 9.99. The predicted octanol–water partition coefficient (Wildman–Crippen LogP) is 2.25. The first-order chi connectivity index (χ1) is 8.04. The summed E-state index contributed by atoms with van der Waals surface area (Å²) >= 11 is 0. The van der Waals surface area contributed by atoms with Crippen molar-refractivity contribution in [2.75, 3.05) is 6.61 Å². The van der Waals surface area contributed by atoms with Gasteiger partial charge in [0.2, 0.25) is 0 Å². The van der Waals surface area contributed by atoms with E-state index in [0.29, 0.717) is 0 Å². The molecule has 0 aliphatic heterocycles. The molecule has 0 amide bonds. The van der Waals surface area contributed by atoms with Crippen LogP contribution in [0.2, 0.25) is 0 Å². The Balaban J connectivity index is 4.28. The van der Waals surface area contributed by atoms with E-state index in [2.05, 4.69) is 13.2 Å². The van der Waals surface area contributed by atoms with Gasteiger partial charge in [-0.25, -0.2) is 9.59 Å². The second-order valence-corrected chi connectivity index (χ2v) is 3.73. The minimum atomic E-state index is -0.464. The molecule has 0 saturated carbocycles. The fourth-order valence-corrected chi connectivity index (χ4v) is 1.40. The summed E-state index contributed by atoms with van der Waals surface area (Å²) < 4.78 is 10.1. The third kappa shape index (κ3) is 6.56. The number of carbonyl (C=O) groups excluding carboxylic acids is 2. The molecule has 96 valence electrons. The van der Waals surface area contributed by atoms with E-state index >= 15 is 0 Å². The summed E-state index contributed by atoms with van der Waals surface area (Å²) in [6.45, 7) is 10.7. The van der Waals surface area contributed by atoms with Gasteiger partial charge in [0.25, 0.3) is 0 Å². The van der Waals surface area contributed by atoms with Crippen molar-refractivity contribution in [2.24, 2.45) is 5.92 Å². The fraction of sp³-hybridized carbons (Fsp3) is 0.538. The molecule has 0 saturated heterocycles. The van der Waals surface area contributed by atoms with Gasteiger partial charge in [0.05, 0.1) is 6.61 Å². The molecule has 2 unspecified atom stereocenters. The highest BCUT2D eigenvalue weighted by atomic mass is 16.6. The van der Waals surface area contributed by atoms with E-state index in [4.69, 9.17) is 9.47 Å². The van der Waals surface area contributed by atoms with Crippen LogP contribution in [0.4, 0.5) is 0 Å². The summed E-state index contributed by atoms with van der Waals surface area (Å²) in [4.78, 5) is 22.0. The minimum absolute atomic E-state index is 0.00667. The third-order valence-corrected chi connectivity index (χ3v) is 2.40. The number of esters is 2. The van der Waals surface area contributed by atoms with Gasteiger partial charge in [-0.15, -0.1) is 0 Å². The molecule has 0 rings (SSSR count). The highest BCUT2D eigenvalue weighted by Crippen LogP contribution is 2.15. The van der Waals surface area contributed by atoms with Gasteiger partial charge >= 0.3 is 11.9 Å². The highest BCUT2D eigenvalue weighted by molar-refractivity contribution is 5.81. The maximum atomic E-state index is 11.1. The molecule has 0 N–H and O–H groups in total. The number of carbonyl (C=O) groups is 2. The molecule has 0 fully saturated rings. The van der Waals surface area contributed by atoms with Crippen molar-refractivity contribution in [1.29, 1.82) is 0 Å². The van der Waals surface area contributed by atoms with E-state index in [1.807, 2.05) is 6.92 Å². The first kappa shape index (κ1) is 15.4. The highest BCUT2D eigenvalue weighted by Gasteiger charge is 2.20. The number of ether oxygens (including phenoxy) is 2. The molecule has 0 spiro atoms. The Kier molecular flexibility index (Phi) is 7.76. The molecule has 0 heterocycles. The molecule has 4 heteroatoms. The van der Waals surface area contributed by atoms with Crippen LogP contribution in [-0.2, 0) is 19.1 Å². The fourth-order valence-electron chi connectivity index (χ4n) is 1.40. The number of hydrogen-bond donors (Lipinski definition) is 0. The van der Waals surface area contributed by atoms with Crippen LogP contribution in [0.3, 0.4) is 0 Å². The molecule has 0 aromatic carbocycles. The minimum Gasteiger partial charge on any atom is -0.462 e. The van der Waals surface area contributed by atoms with Crippen LogP contribution in [0, 0.1) is 5.92 Å². The number of rotatable bonds is 8. The van der Waals surface area contributed by atoms with Gasteiger partial charge in [0.1, 0.15) is 6.10 Å². The molecule has 4 nitrogen and oxygen atoms in total. The maximum Gasteiger partial charge on any atom is 0.330 e. The van der Waals surface area contributed by atoms with Crippen LogP contribution < -0.4 is 0 Å². The summed E-state index contributed by atoms with van der Waals surface area (Å²) in [5.41, 5.74) is 0. The molecular weight excluding hydrogens is 220 g/mol. The van der Waals surface area contributed by atoms with E-state index < -0.39 is 11.9 Å². The van der Waals surface area contributed by atoms with Crippen LogP contribution in [0.25, 0.3) is 0 Å². The van der Waals surface area contributed by atoms with Crippen molar-refractivity contribution in [1.82, 2.24) is 0 Å². The van der Waals surface area contributed by atoms with E-state index in [9.17, 15) is 9.59 Å². The van der Waals surface area contributed by atoms with Crippen LogP contribution in [0.1, 0.15) is 26.7 Å². The van der Waals surface area contributed by atoms with Crippen LogP contribution in [0.15, 0.2) is 25.3 Å². The smallest absolute Gasteiger partial charge is 0.330 e. The van der Waals surface area contributed by atoms with Crippen LogP contribution >= 0.6 is 0 Å². The van der Waals surface area contributed by atoms with Crippen LogP contribution in [0.5, 0.6) is 0 Å². The molecular formula is C13H20O4. The Morgan fingerprint density at radius 1 is 1.24 bits per heavy atom. The summed E-state index contributed by atoms with van der Waals surface area (Å²) in [5.74, 6) is -0.935. The van der Waals surface area contributed by atoms with E-state index in [-0.39, 0.29) is 18.6 Å². The summed E-state index contributed by atoms with van der Waals surface area (Å²) in [6.07, 6.45) is 3.67. The van der Waals surface area contributed by atoms with Gasteiger partial charge in [-0.1, -0.05) is 26.5 Å². The Bertz CT molecular complexity index is 283. The lowest BCUT2D eigenvalue weighted by Crippen LogP contribution is -2.28. The molecule has 0 aliphatic carbocycles. The zero-order valence-electron chi connectivity index (χ0n) is 10.5. The summed E-state index contributed by atoms with van der Waals surface area (Å²) in [5, 5.41) is 0. The molecule has 0 aromatic heterocycles. The second-order valence-electron chi connectivity index (χ2n) is 3.73. The molecule has 0 bridgehead atoms. The number of hydrogen-bond acceptors (Lipinski definition) is 4. The Morgan fingerprint density at radius 3 is 2.29 bits per heavy atom. The monoisotopic (exact) mass is 240 g/mol. The van der Waals surface area contributed by atoms with E-state index in [1.165, 1.54) is 0 Å². The molecule has 0 aromatic rings. The zero-order chi connectivity index (χ0) is 13.3. The van der Waals surface area contributed by atoms with Crippen molar-refractivity contribution in [2.45, 2.75) is 32.8 Å². The quantitative estimate of drug-likeness (QED) is 0.482. The predicted molar refractivity (Wildman–Crippen MR) is 65.3 cm³/mol. The molecule has 0 aliphatic rings. The van der Waals surface area contributed by atoms with Gasteiger partial charge < -0.3 is 9.47 Å². The standard InChI is InChI=1S/C13H20O4/c1-5-8-11(9-16-12(14)6-2)10(4)17-13(15)7-3/h6-7,10-11H,2-3,5,8-9H2,1,4H3. The first-order valence-electron chi connectivity index (χ1n) is 5.67.